The minimum atomic E-state index is -0.0945. The van der Waals surface area contributed by atoms with Crippen molar-refractivity contribution in [1.29, 1.82) is 0 Å². The highest BCUT2D eigenvalue weighted by molar-refractivity contribution is 7.17. The first kappa shape index (κ1) is 19.4. The van der Waals surface area contributed by atoms with E-state index in [1.54, 1.807) is 17.0 Å². The lowest BCUT2D eigenvalue weighted by atomic mass is 10.1. The van der Waals surface area contributed by atoms with Crippen LogP contribution in [0.2, 0.25) is 10.3 Å². The molecule has 0 radical (unpaired) electrons. The number of rotatable bonds is 3. The number of halogens is 2. The number of aromatic nitrogens is 2. The largest absolute Gasteiger partial charge is 0.459 e. The second-order valence-corrected chi connectivity index (χ2v) is 8.54. The number of thiophene rings is 1. The van der Waals surface area contributed by atoms with Crippen LogP contribution in [0.15, 0.2) is 52.5 Å². The van der Waals surface area contributed by atoms with E-state index in [1.807, 2.05) is 24.3 Å². The molecule has 5 rings (SSSR count). The van der Waals surface area contributed by atoms with Gasteiger partial charge in [0.25, 0.3) is 5.91 Å². The minimum Gasteiger partial charge on any atom is -0.459 e. The number of carbonyl (C=O) groups is 1. The zero-order valence-electron chi connectivity index (χ0n) is 15.7. The molecule has 6 nitrogen and oxygen atoms in total. The van der Waals surface area contributed by atoms with E-state index < -0.39 is 0 Å². The van der Waals surface area contributed by atoms with Gasteiger partial charge >= 0.3 is 0 Å². The molecule has 1 aliphatic heterocycles. The minimum absolute atomic E-state index is 0.0945. The zero-order valence-corrected chi connectivity index (χ0v) is 18.0. The molecule has 1 fully saturated rings. The van der Waals surface area contributed by atoms with E-state index in [4.69, 9.17) is 27.6 Å². The molecule has 0 unspecified atom stereocenters. The fraction of sp³-hybridized carbons (Fsp3) is 0.190. The lowest BCUT2D eigenvalue weighted by Gasteiger charge is -2.35. The summed E-state index contributed by atoms with van der Waals surface area (Å²) in [5, 5.41) is 3.95. The van der Waals surface area contributed by atoms with E-state index in [9.17, 15) is 4.79 Å². The second-order valence-electron chi connectivity index (χ2n) is 6.91. The fourth-order valence-corrected chi connectivity index (χ4v) is 4.93. The molecule has 9 heteroatoms. The Morgan fingerprint density at radius 2 is 1.80 bits per heavy atom. The van der Waals surface area contributed by atoms with Crippen LogP contribution in [0.25, 0.3) is 21.3 Å². The summed E-state index contributed by atoms with van der Waals surface area (Å²) in [5.74, 6) is 1.06. The van der Waals surface area contributed by atoms with Gasteiger partial charge in [-0.15, -0.1) is 11.3 Å². The fourth-order valence-electron chi connectivity index (χ4n) is 3.65. The summed E-state index contributed by atoms with van der Waals surface area (Å²) in [4.78, 5) is 26.3. The average Bonchev–Trinajstić information content (AvgIpc) is 3.44. The van der Waals surface area contributed by atoms with E-state index in [0.29, 0.717) is 37.0 Å². The van der Waals surface area contributed by atoms with Gasteiger partial charge < -0.3 is 14.2 Å². The Hall–Kier alpha value is -2.61. The Bertz CT molecular complexity index is 1200. The molecule has 0 atom stereocenters. The van der Waals surface area contributed by atoms with Gasteiger partial charge in [-0.25, -0.2) is 4.98 Å². The summed E-state index contributed by atoms with van der Waals surface area (Å²) in [5.41, 5.74) is 2.09. The SMILES string of the molecule is O=C(c1ccco1)N1CCN(c2nc(Cl)nc3scc(-c4ccc(Cl)cc4)c23)CC1. The Balaban J connectivity index is 1.46. The summed E-state index contributed by atoms with van der Waals surface area (Å²) in [6.07, 6.45) is 1.51. The molecular formula is C21H16Cl2N4O2S. The molecule has 3 aromatic heterocycles. The van der Waals surface area contributed by atoms with Gasteiger partial charge in [-0.3, -0.25) is 4.79 Å². The van der Waals surface area contributed by atoms with Crippen LogP contribution >= 0.6 is 34.5 Å². The maximum absolute atomic E-state index is 12.6. The zero-order chi connectivity index (χ0) is 20.7. The van der Waals surface area contributed by atoms with Gasteiger partial charge in [0, 0.05) is 42.1 Å². The van der Waals surface area contributed by atoms with Crippen LogP contribution in [-0.4, -0.2) is 47.0 Å². The monoisotopic (exact) mass is 458 g/mol. The van der Waals surface area contributed by atoms with Crippen molar-refractivity contribution >= 4 is 56.5 Å². The molecule has 0 spiro atoms. The first-order valence-corrected chi connectivity index (χ1v) is 11.0. The topological polar surface area (TPSA) is 62.5 Å². The summed E-state index contributed by atoms with van der Waals surface area (Å²) < 4.78 is 5.25. The van der Waals surface area contributed by atoms with Crippen molar-refractivity contribution in [3.63, 3.8) is 0 Å². The molecule has 1 aromatic carbocycles. The maximum atomic E-state index is 12.6. The number of furan rings is 1. The number of hydrogen-bond donors (Lipinski definition) is 0. The van der Waals surface area contributed by atoms with Crippen molar-refractivity contribution in [2.24, 2.45) is 0 Å². The highest BCUT2D eigenvalue weighted by Gasteiger charge is 2.27. The molecule has 4 heterocycles. The number of amides is 1. The van der Waals surface area contributed by atoms with Crippen molar-refractivity contribution in [3.05, 3.63) is 64.1 Å². The van der Waals surface area contributed by atoms with Crippen LogP contribution in [-0.2, 0) is 0 Å². The van der Waals surface area contributed by atoms with E-state index in [-0.39, 0.29) is 11.2 Å². The predicted molar refractivity (Wildman–Crippen MR) is 120 cm³/mol. The number of hydrogen-bond acceptors (Lipinski definition) is 6. The Morgan fingerprint density at radius 3 is 2.50 bits per heavy atom. The van der Waals surface area contributed by atoms with E-state index in [0.717, 1.165) is 27.2 Å². The van der Waals surface area contributed by atoms with Gasteiger partial charge in [-0.05, 0) is 41.4 Å². The summed E-state index contributed by atoms with van der Waals surface area (Å²) in [6.45, 7) is 2.43. The number of benzene rings is 1. The molecule has 0 N–H and O–H groups in total. The maximum Gasteiger partial charge on any atom is 0.289 e. The number of nitrogens with zero attached hydrogens (tertiary/aromatic N) is 4. The van der Waals surface area contributed by atoms with E-state index in [2.05, 4.69) is 20.2 Å². The van der Waals surface area contributed by atoms with Gasteiger partial charge in [0.1, 0.15) is 10.6 Å². The van der Waals surface area contributed by atoms with Crippen molar-refractivity contribution in [2.45, 2.75) is 0 Å². The molecule has 1 aliphatic rings. The predicted octanol–water partition coefficient (Wildman–Crippen LogP) is 5.22. The highest BCUT2D eigenvalue weighted by Crippen LogP contribution is 2.39. The van der Waals surface area contributed by atoms with Crippen LogP contribution in [0.1, 0.15) is 10.6 Å². The highest BCUT2D eigenvalue weighted by atomic mass is 35.5. The molecule has 1 amide bonds. The van der Waals surface area contributed by atoms with Gasteiger partial charge in [-0.2, -0.15) is 4.98 Å². The van der Waals surface area contributed by atoms with Gasteiger partial charge in [-0.1, -0.05) is 23.7 Å². The normalized spacial score (nSPS) is 14.5. The standard InChI is InChI=1S/C21H16Cl2N4O2S/c22-14-5-3-13(4-6-14)15-12-30-19-17(15)18(24-21(23)25-19)26-7-9-27(10-8-26)20(28)16-2-1-11-29-16/h1-6,11-12H,7-10H2. The summed E-state index contributed by atoms with van der Waals surface area (Å²) >= 11 is 13.8. The van der Waals surface area contributed by atoms with Crippen LogP contribution < -0.4 is 4.90 Å². The third-order valence-electron chi connectivity index (χ3n) is 5.14. The number of anilines is 1. The summed E-state index contributed by atoms with van der Waals surface area (Å²) in [6, 6.07) is 11.1. The average molecular weight is 459 g/mol. The summed E-state index contributed by atoms with van der Waals surface area (Å²) in [7, 11) is 0. The van der Waals surface area contributed by atoms with Crippen molar-refractivity contribution < 1.29 is 9.21 Å². The van der Waals surface area contributed by atoms with Gasteiger partial charge in [0.05, 0.1) is 11.6 Å². The Morgan fingerprint density at radius 1 is 1.03 bits per heavy atom. The van der Waals surface area contributed by atoms with Crippen LogP contribution in [0, 0.1) is 0 Å². The Labute approximate surface area is 186 Å². The van der Waals surface area contributed by atoms with Crippen LogP contribution in [0.4, 0.5) is 5.82 Å². The quantitative estimate of drug-likeness (QED) is 0.393. The molecule has 1 saturated heterocycles. The smallest absolute Gasteiger partial charge is 0.289 e. The number of piperazine rings is 1. The van der Waals surface area contributed by atoms with Crippen molar-refractivity contribution in [3.8, 4) is 11.1 Å². The van der Waals surface area contributed by atoms with Crippen LogP contribution in [0.3, 0.4) is 0 Å². The van der Waals surface area contributed by atoms with E-state index in [1.165, 1.54) is 17.6 Å². The van der Waals surface area contributed by atoms with E-state index >= 15 is 0 Å². The van der Waals surface area contributed by atoms with Crippen molar-refractivity contribution in [2.75, 3.05) is 31.1 Å². The first-order chi connectivity index (χ1) is 14.6. The molecule has 4 aromatic rings. The lowest BCUT2D eigenvalue weighted by molar-refractivity contribution is 0.0714. The number of fused-ring (bicyclic) bond motifs is 1. The third-order valence-corrected chi connectivity index (χ3v) is 6.43. The van der Waals surface area contributed by atoms with Crippen LogP contribution in [0.5, 0.6) is 0 Å². The molecular weight excluding hydrogens is 443 g/mol. The second kappa shape index (κ2) is 7.91. The van der Waals surface area contributed by atoms with Crippen molar-refractivity contribution in [1.82, 2.24) is 14.9 Å². The van der Waals surface area contributed by atoms with Gasteiger partial charge in [0.2, 0.25) is 5.28 Å². The molecule has 30 heavy (non-hydrogen) atoms. The molecule has 152 valence electrons. The third kappa shape index (κ3) is 3.53. The molecule has 0 aliphatic carbocycles. The lowest BCUT2D eigenvalue weighted by Crippen LogP contribution is -2.49. The molecule has 0 bridgehead atoms. The Kier molecular flexibility index (Phi) is 5.10. The number of carbonyl (C=O) groups excluding carboxylic acids is 1. The van der Waals surface area contributed by atoms with Gasteiger partial charge in [0.15, 0.2) is 5.76 Å². The first-order valence-electron chi connectivity index (χ1n) is 9.38. The molecule has 0 saturated carbocycles.